The first-order chi connectivity index (χ1) is 12.0. The van der Waals surface area contributed by atoms with E-state index in [1.807, 2.05) is 0 Å². The minimum absolute atomic E-state index is 0.0793. The van der Waals surface area contributed by atoms with Gasteiger partial charge in [-0.05, 0) is 38.0 Å². The summed E-state index contributed by atoms with van der Waals surface area (Å²) in [7, 11) is 0. The number of allylic oxidation sites excluding steroid dienone is 1. The van der Waals surface area contributed by atoms with Gasteiger partial charge in [0.2, 0.25) is 16.9 Å². The van der Waals surface area contributed by atoms with Gasteiger partial charge in [0, 0.05) is 25.8 Å². The molecule has 1 aromatic rings. The molecule has 0 aromatic carbocycles. The molecule has 2 N–H and O–H groups in total. The van der Waals surface area contributed by atoms with Crippen LogP contribution in [0.25, 0.3) is 0 Å². The maximum absolute atomic E-state index is 11.9. The molecule has 6 nitrogen and oxygen atoms in total. The molecule has 1 aromatic heterocycles. The van der Waals surface area contributed by atoms with Gasteiger partial charge in [0.05, 0.1) is 0 Å². The number of aromatic nitrogens is 2. The summed E-state index contributed by atoms with van der Waals surface area (Å²) in [5, 5.41) is 15.1. The number of nitrogens with zero attached hydrogens (tertiary/aromatic N) is 2. The van der Waals surface area contributed by atoms with Crippen LogP contribution in [0.2, 0.25) is 0 Å². The first-order valence-corrected chi connectivity index (χ1v) is 9.91. The second-order valence-electron chi connectivity index (χ2n) is 6.86. The average molecular weight is 365 g/mol. The van der Waals surface area contributed by atoms with Crippen LogP contribution in [0.15, 0.2) is 11.6 Å². The summed E-state index contributed by atoms with van der Waals surface area (Å²) in [5.41, 5.74) is 1.44. The zero-order chi connectivity index (χ0) is 18.1. The fourth-order valence-electron chi connectivity index (χ4n) is 2.73. The van der Waals surface area contributed by atoms with Crippen molar-refractivity contribution in [1.29, 1.82) is 0 Å². The van der Waals surface area contributed by atoms with Crippen LogP contribution in [-0.4, -0.2) is 28.6 Å². The molecule has 25 heavy (non-hydrogen) atoms. The molecule has 2 amide bonds. The Balaban J connectivity index is 1.61. The van der Waals surface area contributed by atoms with E-state index in [0.29, 0.717) is 17.6 Å². The third-order valence-electron chi connectivity index (χ3n) is 4.03. The topological polar surface area (TPSA) is 84.0 Å². The molecule has 0 aliphatic heterocycles. The van der Waals surface area contributed by atoms with Gasteiger partial charge < -0.3 is 10.6 Å². The van der Waals surface area contributed by atoms with Crippen molar-refractivity contribution in [2.75, 3.05) is 11.9 Å². The van der Waals surface area contributed by atoms with Gasteiger partial charge in [-0.3, -0.25) is 9.59 Å². The van der Waals surface area contributed by atoms with E-state index in [2.05, 4.69) is 40.8 Å². The van der Waals surface area contributed by atoms with Crippen molar-refractivity contribution >= 4 is 28.3 Å². The number of amides is 2. The molecule has 0 atom stereocenters. The highest BCUT2D eigenvalue weighted by Crippen LogP contribution is 2.20. The molecule has 0 unspecified atom stereocenters. The van der Waals surface area contributed by atoms with Crippen LogP contribution in [0, 0.1) is 5.92 Å². The van der Waals surface area contributed by atoms with Gasteiger partial charge in [-0.1, -0.05) is 36.8 Å². The number of anilines is 1. The second-order valence-corrected chi connectivity index (χ2v) is 7.92. The Kier molecular flexibility index (Phi) is 8.04. The Morgan fingerprint density at radius 2 is 2.00 bits per heavy atom. The van der Waals surface area contributed by atoms with Gasteiger partial charge in [-0.15, -0.1) is 10.2 Å². The summed E-state index contributed by atoms with van der Waals surface area (Å²) < 4.78 is 0. The number of carbonyl (C=O) groups is 2. The molecular weight excluding hydrogens is 336 g/mol. The standard InChI is InChI=1S/C18H28N4O2S/c1-13(2)12-17-21-22-18(25-17)20-16(24)9-8-15(23)19-11-10-14-6-4-3-5-7-14/h6,13H,3-5,7-12H2,1-2H3,(H,19,23)(H,20,22,24). The molecule has 0 bridgehead atoms. The van der Waals surface area contributed by atoms with Crippen LogP contribution in [0.5, 0.6) is 0 Å². The van der Waals surface area contributed by atoms with Gasteiger partial charge in [-0.25, -0.2) is 0 Å². The zero-order valence-electron chi connectivity index (χ0n) is 15.1. The second kappa shape index (κ2) is 10.3. The van der Waals surface area contributed by atoms with E-state index in [9.17, 15) is 9.59 Å². The molecular formula is C18H28N4O2S. The van der Waals surface area contributed by atoms with E-state index in [0.717, 1.165) is 30.7 Å². The highest BCUT2D eigenvalue weighted by Gasteiger charge is 2.11. The Morgan fingerprint density at radius 3 is 2.72 bits per heavy atom. The number of hydrogen-bond acceptors (Lipinski definition) is 5. The molecule has 2 rings (SSSR count). The van der Waals surface area contributed by atoms with Gasteiger partial charge >= 0.3 is 0 Å². The quantitative estimate of drug-likeness (QED) is 0.657. The summed E-state index contributed by atoms with van der Waals surface area (Å²) in [5.74, 6) is 0.228. The van der Waals surface area contributed by atoms with Gasteiger partial charge in [0.25, 0.3) is 0 Å². The van der Waals surface area contributed by atoms with Crippen molar-refractivity contribution in [3.63, 3.8) is 0 Å². The Hall–Kier alpha value is -1.76. The maximum atomic E-state index is 11.9. The largest absolute Gasteiger partial charge is 0.356 e. The molecule has 138 valence electrons. The molecule has 0 radical (unpaired) electrons. The smallest absolute Gasteiger partial charge is 0.226 e. The minimum Gasteiger partial charge on any atom is -0.356 e. The first-order valence-electron chi connectivity index (χ1n) is 9.09. The van der Waals surface area contributed by atoms with Crippen molar-refractivity contribution in [3.05, 3.63) is 16.7 Å². The predicted molar refractivity (Wildman–Crippen MR) is 100 cm³/mol. The number of rotatable bonds is 9. The van der Waals surface area contributed by atoms with Crippen LogP contribution >= 0.6 is 11.3 Å². The lowest BCUT2D eigenvalue weighted by molar-refractivity contribution is -0.124. The minimum atomic E-state index is -0.197. The van der Waals surface area contributed by atoms with E-state index in [4.69, 9.17) is 0 Å². The van der Waals surface area contributed by atoms with Crippen LogP contribution in [0.3, 0.4) is 0 Å². The highest BCUT2D eigenvalue weighted by atomic mass is 32.1. The van der Waals surface area contributed by atoms with Crippen molar-refractivity contribution in [2.45, 2.75) is 65.2 Å². The third-order valence-corrected chi connectivity index (χ3v) is 4.89. The fourth-order valence-corrected chi connectivity index (χ4v) is 3.70. The van der Waals surface area contributed by atoms with Gasteiger partial charge in [-0.2, -0.15) is 0 Å². The lowest BCUT2D eigenvalue weighted by Crippen LogP contribution is -2.26. The maximum Gasteiger partial charge on any atom is 0.226 e. The molecule has 1 heterocycles. The molecule has 0 saturated carbocycles. The predicted octanol–water partition coefficient (Wildman–Crippen LogP) is 3.46. The molecule has 1 aliphatic rings. The molecule has 0 spiro atoms. The van der Waals surface area contributed by atoms with Crippen LogP contribution in [0.4, 0.5) is 5.13 Å². The van der Waals surface area contributed by atoms with Crippen LogP contribution in [0.1, 0.15) is 63.8 Å². The molecule has 1 aliphatic carbocycles. The highest BCUT2D eigenvalue weighted by molar-refractivity contribution is 7.15. The van der Waals surface area contributed by atoms with E-state index < -0.39 is 0 Å². The Labute approximate surface area is 153 Å². The lowest BCUT2D eigenvalue weighted by Gasteiger charge is -2.12. The normalized spacial score (nSPS) is 14.3. The van der Waals surface area contributed by atoms with Gasteiger partial charge in [0.15, 0.2) is 0 Å². The summed E-state index contributed by atoms with van der Waals surface area (Å²) in [6.45, 7) is 4.88. The summed E-state index contributed by atoms with van der Waals surface area (Å²) in [6.07, 6.45) is 9.26. The summed E-state index contributed by atoms with van der Waals surface area (Å²) in [4.78, 5) is 23.7. The summed E-state index contributed by atoms with van der Waals surface area (Å²) in [6, 6.07) is 0. The SMILES string of the molecule is CC(C)Cc1nnc(NC(=O)CCC(=O)NCCC2=CCCCC2)s1. The van der Waals surface area contributed by atoms with Crippen molar-refractivity contribution in [2.24, 2.45) is 5.92 Å². The Bertz CT molecular complexity index is 610. The van der Waals surface area contributed by atoms with Crippen molar-refractivity contribution < 1.29 is 9.59 Å². The van der Waals surface area contributed by atoms with E-state index in [1.54, 1.807) is 0 Å². The van der Waals surface area contributed by atoms with E-state index >= 15 is 0 Å². The van der Waals surface area contributed by atoms with E-state index in [-0.39, 0.29) is 24.7 Å². The van der Waals surface area contributed by atoms with E-state index in [1.165, 1.54) is 29.8 Å². The third kappa shape index (κ3) is 7.77. The molecule has 0 saturated heterocycles. The van der Waals surface area contributed by atoms with Crippen molar-refractivity contribution in [1.82, 2.24) is 15.5 Å². The number of carbonyl (C=O) groups excluding carboxylic acids is 2. The fraction of sp³-hybridized carbons (Fsp3) is 0.667. The Morgan fingerprint density at radius 1 is 1.20 bits per heavy atom. The monoisotopic (exact) mass is 364 g/mol. The lowest BCUT2D eigenvalue weighted by atomic mass is 9.97. The first kappa shape index (κ1) is 19.6. The molecule has 7 heteroatoms. The van der Waals surface area contributed by atoms with Gasteiger partial charge in [0.1, 0.15) is 5.01 Å². The molecule has 0 fully saturated rings. The number of hydrogen-bond donors (Lipinski definition) is 2. The van der Waals surface area contributed by atoms with Crippen LogP contribution < -0.4 is 10.6 Å². The van der Waals surface area contributed by atoms with Crippen molar-refractivity contribution in [3.8, 4) is 0 Å². The average Bonchev–Trinajstić information content (AvgIpc) is 3.00. The zero-order valence-corrected chi connectivity index (χ0v) is 16.0. The summed E-state index contributed by atoms with van der Waals surface area (Å²) >= 11 is 1.39. The number of nitrogens with one attached hydrogen (secondary N) is 2. The van der Waals surface area contributed by atoms with Crippen LogP contribution in [-0.2, 0) is 16.0 Å².